The first-order chi connectivity index (χ1) is 8.84. The first-order valence-corrected chi connectivity index (χ1v) is 7.47. The van der Waals surface area contributed by atoms with E-state index in [2.05, 4.69) is 10.3 Å². The summed E-state index contributed by atoms with van der Waals surface area (Å²) in [6.45, 7) is 0. The molecule has 1 aromatic heterocycles. The van der Waals surface area contributed by atoms with Crippen LogP contribution in [0.1, 0.15) is 12.8 Å². The number of thioether (sulfide) groups is 1. The molecule has 3 rings (SSSR count). The van der Waals surface area contributed by atoms with Crippen molar-refractivity contribution in [2.24, 2.45) is 0 Å². The second kappa shape index (κ2) is 5.06. The van der Waals surface area contributed by atoms with Crippen LogP contribution in [0, 0.1) is 0 Å². The van der Waals surface area contributed by atoms with Gasteiger partial charge >= 0.3 is 0 Å². The molecular formula is C14H17N3S. The highest BCUT2D eigenvalue weighted by molar-refractivity contribution is 7.99. The van der Waals surface area contributed by atoms with Crippen LogP contribution < -0.4 is 11.1 Å². The van der Waals surface area contributed by atoms with Gasteiger partial charge in [-0.3, -0.25) is 4.98 Å². The number of pyridine rings is 1. The number of rotatable bonds is 2. The average Bonchev–Trinajstić information content (AvgIpc) is 2.43. The summed E-state index contributed by atoms with van der Waals surface area (Å²) in [6.07, 6.45) is 4.32. The molecular weight excluding hydrogens is 242 g/mol. The lowest BCUT2D eigenvalue weighted by atomic mass is 10.1. The Hall–Kier alpha value is -1.42. The summed E-state index contributed by atoms with van der Waals surface area (Å²) in [5, 5.41) is 4.60. The van der Waals surface area contributed by atoms with Gasteiger partial charge in [-0.05, 0) is 42.9 Å². The van der Waals surface area contributed by atoms with E-state index in [0.717, 1.165) is 22.3 Å². The van der Waals surface area contributed by atoms with Gasteiger partial charge in [-0.15, -0.1) is 0 Å². The summed E-state index contributed by atoms with van der Waals surface area (Å²) in [7, 11) is 0. The zero-order chi connectivity index (χ0) is 12.4. The van der Waals surface area contributed by atoms with Crippen molar-refractivity contribution in [2.45, 2.75) is 18.9 Å². The second-order valence-electron chi connectivity index (χ2n) is 4.66. The van der Waals surface area contributed by atoms with Crippen molar-refractivity contribution < 1.29 is 0 Å². The Bertz CT molecular complexity index is 550. The van der Waals surface area contributed by atoms with Gasteiger partial charge in [-0.25, -0.2) is 0 Å². The number of nitrogen functional groups attached to an aromatic ring is 1. The molecule has 18 heavy (non-hydrogen) atoms. The van der Waals surface area contributed by atoms with E-state index in [1.165, 1.54) is 24.3 Å². The van der Waals surface area contributed by atoms with E-state index in [-0.39, 0.29) is 0 Å². The van der Waals surface area contributed by atoms with E-state index >= 15 is 0 Å². The highest BCUT2D eigenvalue weighted by Gasteiger charge is 2.15. The minimum Gasteiger partial charge on any atom is -0.397 e. The summed E-state index contributed by atoms with van der Waals surface area (Å²) in [5.74, 6) is 2.46. The number of fused-ring (bicyclic) bond motifs is 1. The molecule has 0 spiro atoms. The van der Waals surface area contributed by atoms with Gasteiger partial charge in [-0.2, -0.15) is 11.8 Å². The van der Waals surface area contributed by atoms with Crippen LogP contribution in [0.2, 0.25) is 0 Å². The average molecular weight is 259 g/mol. The number of hydrogen-bond acceptors (Lipinski definition) is 4. The highest BCUT2D eigenvalue weighted by atomic mass is 32.2. The van der Waals surface area contributed by atoms with Gasteiger partial charge < -0.3 is 11.1 Å². The Morgan fingerprint density at radius 3 is 3.11 bits per heavy atom. The van der Waals surface area contributed by atoms with Crippen LogP contribution >= 0.6 is 11.8 Å². The molecule has 0 saturated carbocycles. The molecule has 3 nitrogen and oxygen atoms in total. The number of nitrogens with zero attached hydrogens (tertiary/aromatic N) is 1. The highest BCUT2D eigenvalue weighted by Crippen LogP contribution is 2.29. The Labute approximate surface area is 111 Å². The third-order valence-electron chi connectivity index (χ3n) is 3.35. The molecule has 1 aromatic carbocycles. The maximum Gasteiger partial charge on any atom is 0.0724 e. The van der Waals surface area contributed by atoms with Crippen molar-refractivity contribution in [1.29, 1.82) is 0 Å². The molecule has 0 amide bonds. The first kappa shape index (κ1) is 11.7. The fraction of sp³-hybridized carbons (Fsp3) is 0.357. The summed E-state index contributed by atoms with van der Waals surface area (Å²) in [4.78, 5) is 4.32. The summed E-state index contributed by atoms with van der Waals surface area (Å²) in [6, 6.07) is 8.57. The van der Waals surface area contributed by atoms with Crippen molar-refractivity contribution in [2.75, 3.05) is 22.6 Å². The number of aromatic nitrogens is 1. The summed E-state index contributed by atoms with van der Waals surface area (Å²) >= 11 is 2.02. The minimum absolute atomic E-state index is 0.542. The molecule has 0 aliphatic carbocycles. The number of benzene rings is 1. The predicted molar refractivity (Wildman–Crippen MR) is 80.1 cm³/mol. The SMILES string of the molecule is Nc1c(NC2CCCSC2)ccc2ncccc12. The summed E-state index contributed by atoms with van der Waals surface area (Å²) in [5.41, 5.74) is 9.04. The molecule has 1 aliphatic heterocycles. The topological polar surface area (TPSA) is 50.9 Å². The fourth-order valence-corrected chi connectivity index (χ4v) is 3.45. The molecule has 3 N–H and O–H groups in total. The van der Waals surface area contributed by atoms with Crippen LogP contribution in [0.3, 0.4) is 0 Å². The smallest absolute Gasteiger partial charge is 0.0724 e. The molecule has 94 valence electrons. The Balaban J connectivity index is 1.89. The van der Waals surface area contributed by atoms with E-state index < -0.39 is 0 Å². The van der Waals surface area contributed by atoms with E-state index in [1.807, 2.05) is 36.0 Å². The van der Waals surface area contributed by atoms with E-state index in [1.54, 1.807) is 6.20 Å². The fourth-order valence-electron chi connectivity index (χ4n) is 2.38. The van der Waals surface area contributed by atoms with Gasteiger partial charge in [-0.1, -0.05) is 0 Å². The van der Waals surface area contributed by atoms with Crippen LogP contribution in [0.15, 0.2) is 30.5 Å². The van der Waals surface area contributed by atoms with E-state index in [9.17, 15) is 0 Å². The molecule has 2 aromatic rings. The molecule has 0 radical (unpaired) electrons. The Kier molecular flexibility index (Phi) is 3.28. The lowest BCUT2D eigenvalue weighted by molar-refractivity contribution is 0.685. The van der Waals surface area contributed by atoms with Gasteiger partial charge in [0.1, 0.15) is 0 Å². The van der Waals surface area contributed by atoms with Crippen LogP contribution in [0.5, 0.6) is 0 Å². The number of hydrogen-bond donors (Lipinski definition) is 2. The normalized spacial score (nSPS) is 19.9. The lowest BCUT2D eigenvalue weighted by Crippen LogP contribution is -2.26. The van der Waals surface area contributed by atoms with Crippen molar-refractivity contribution >= 4 is 34.0 Å². The van der Waals surface area contributed by atoms with Gasteiger partial charge in [0.2, 0.25) is 0 Å². The van der Waals surface area contributed by atoms with Gasteiger partial charge in [0.05, 0.1) is 16.9 Å². The zero-order valence-corrected chi connectivity index (χ0v) is 11.0. The number of nitrogens with one attached hydrogen (secondary N) is 1. The van der Waals surface area contributed by atoms with Crippen LogP contribution in [-0.2, 0) is 0 Å². The zero-order valence-electron chi connectivity index (χ0n) is 10.2. The molecule has 1 fully saturated rings. The van der Waals surface area contributed by atoms with Crippen molar-refractivity contribution in [3.63, 3.8) is 0 Å². The van der Waals surface area contributed by atoms with Crippen LogP contribution in [-0.4, -0.2) is 22.5 Å². The molecule has 4 heteroatoms. The quantitative estimate of drug-likeness (QED) is 0.814. The first-order valence-electron chi connectivity index (χ1n) is 6.32. The van der Waals surface area contributed by atoms with Crippen molar-refractivity contribution in [1.82, 2.24) is 4.98 Å². The Morgan fingerprint density at radius 1 is 1.33 bits per heavy atom. The lowest BCUT2D eigenvalue weighted by Gasteiger charge is -2.24. The molecule has 1 aliphatic rings. The largest absolute Gasteiger partial charge is 0.397 e. The maximum absolute atomic E-state index is 6.23. The van der Waals surface area contributed by atoms with E-state index in [4.69, 9.17) is 5.73 Å². The predicted octanol–water partition coefficient (Wildman–Crippen LogP) is 3.12. The molecule has 1 saturated heterocycles. The van der Waals surface area contributed by atoms with Crippen molar-refractivity contribution in [3.8, 4) is 0 Å². The monoisotopic (exact) mass is 259 g/mol. The molecule has 0 bridgehead atoms. The molecule has 1 unspecified atom stereocenters. The standard InChI is InChI=1S/C14H17N3S/c15-14-11-4-1-7-16-12(11)5-6-13(14)17-10-3-2-8-18-9-10/h1,4-7,10,17H,2-3,8-9,15H2. The van der Waals surface area contributed by atoms with Crippen molar-refractivity contribution in [3.05, 3.63) is 30.5 Å². The minimum atomic E-state index is 0.542. The molecule has 2 heterocycles. The maximum atomic E-state index is 6.23. The van der Waals surface area contributed by atoms with Gasteiger partial charge in [0.15, 0.2) is 0 Å². The second-order valence-corrected chi connectivity index (χ2v) is 5.81. The number of nitrogens with two attached hydrogens (primary N) is 1. The van der Waals surface area contributed by atoms with Gasteiger partial charge in [0.25, 0.3) is 0 Å². The number of anilines is 2. The van der Waals surface area contributed by atoms with E-state index in [0.29, 0.717) is 6.04 Å². The van der Waals surface area contributed by atoms with Crippen LogP contribution in [0.25, 0.3) is 10.9 Å². The van der Waals surface area contributed by atoms with Crippen LogP contribution in [0.4, 0.5) is 11.4 Å². The third-order valence-corrected chi connectivity index (χ3v) is 4.56. The van der Waals surface area contributed by atoms with Gasteiger partial charge in [0, 0.05) is 23.4 Å². The molecule has 1 atom stereocenters. The third kappa shape index (κ3) is 2.25. The Morgan fingerprint density at radius 2 is 2.28 bits per heavy atom. The summed E-state index contributed by atoms with van der Waals surface area (Å²) < 4.78 is 0.